The van der Waals surface area contributed by atoms with Crippen molar-refractivity contribution in [1.82, 2.24) is 5.32 Å². The third-order valence-electron chi connectivity index (χ3n) is 2.28. The van der Waals surface area contributed by atoms with Gasteiger partial charge < -0.3 is 10.1 Å². The lowest BCUT2D eigenvalue weighted by Gasteiger charge is -2.08. The summed E-state index contributed by atoms with van der Waals surface area (Å²) in [5.74, 6) is 1.66. The van der Waals surface area contributed by atoms with Crippen LogP contribution >= 0.6 is 0 Å². The van der Waals surface area contributed by atoms with Gasteiger partial charge in [0.1, 0.15) is 5.75 Å². The molecule has 0 bridgehead atoms. The molecule has 0 radical (unpaired) electrons. The summed E-state index contributed by atoms with van der Waals surface area (Å²) in [7, 11) is 1.70. The minimum absolute atomic E-state index is 0.718. The molecule has 0 aliphatic rings. The number of hydrogen-bond acceptors (Lipinski definition) is 2. The molecule has 0 saturated carbocycles. The van der Waals surface area contributed by atoms with Gasteiger partial charge in [0.15, 0.2) is 0 Å². The third-order valence-corrected chi connectivity index (χ3v) is 2.28. The Morgan fingerprint density at radius 1 is 1.33 bits per heavy atom. The van der Waals surface area contributed by atoms with Gasteiger partial charge in [-0.2, -0.15) is 0 Å². The van der Waals surface area contributed by atoms with Crippen molar-refractivity contribution in [3.05, 3.63) is 29.8 Å². The molecule has 1 rings (SSSR count). The van der Waals surface area contributed by atoms with Crippen LogP contribution in [0.3, 0.4) is 0 Å². The predicted octanol–water partition coefficient (Wildman–Crippen LogP) is 2.48. The Labute approximate surface area is 92.6 Å². The van der Waals surface area contributed by atoms with Crippen molar-refractivity contribution in [2.45, 2.75) is 20.3 Å². The Hall–Kier alpha value is -1.02. The van der Waals surface area contributed by atoms with Crippen LogP contribution in [0.2, 0.25) is 0 Å². The highest BCUT2D eigenvalue weighted by atomic mass is 16.5. The Bertz CT molecular complexity index is 284. The second-order valence-electron chi connectivity index (χ2n) is 4.20. The second kappa shape index (κ2) is 6.46. The van der Waals surface area contributed by atoms with Crippen LogP contribution < -0.4 is 10.1 Å². The topological polar surface area (TPSA) is 21.3 Å². The summed E-state index contributed by atoms with van der Waals surface area (Å²) in [5.41, 5.74) is 1.32. The van der Waals surface area contributed by atoms with Crippen molar-refractivity contribution in [2.75, 3.05) is 20.2 Å². The van der Waals surface area contributed by atoms with E-state index in [1.54, 1.807) is 7.11 Å². The zero-order valence-electron chi connectivity index (χ0n) is 9.92. The molecule has 0 aliphatic carbocycles. The smallest absolute Gasteiger partial charge is 0.119 e. The third kappa shape index (κ3) is 4.84. The highest BCUT2D eigenvalue weighted by Crippen LogP contribution is 2.12. The van der Waals surface area contributed by atoms with E-state index in [0.29, 0.717) is 0 Å². The normalized spacial score (nSPS) is 10.7. The first-order chi connectivity index (χ1) is 7.22. The van der Waals surface area contributed by atoms with Gasteiger partial charge in [0.2, 0.25) is 0 Å². The molecule has 2 heteroatoms. The van der Waals surface area contributed by atoms with Gasteiger partial charge >= 0.3 is 0 Å². The minimum atomic E-state index is 0.718. The first-order valence-electron chi connectivity index (χ1n) is 5.56. The molecule has 1 N–H and O–H groups in total. The summed E-state index contributed by atoms with van der Waals surface area (Å²) >= 11 is 0. The first-order valence-corrected chi connectivity index (χ1v) is 5.56. The van der Waals surface area contributed by atoms with Crippen LogP contribution in [0.5, 0.6) is 5.75 Å². The molecule has 2 nitrogen and oxygen atoms in total. The van der Waals surface area contributed by atoms with Crippen molar-refractivity contribution in [2.24, 2.45) is 5.92 Å². The van der Waals surface area contributed by atoms with Gasteiger partial charge in [-0.1, -0.05) is 26.0 Å². The lowest BCUT2D eigenvalue weighted by molar-refractivity contribution is 0.414. The average molecular weight is 207 g/mol. The molecule has 0 unspecified atom stereocenters. The summed E-state index contributed by atoms with van der Waals surface area (Å²) in [4.78, 5) is 0. The molecular weight excluding hydrogens is 186 g/mol. The fraction of sp³-hybridized carbons (Fsp3) is 0.538. The summed E-state index contributed by atoms with van der Waals surface area (Å²) in [6.45, 7) is 6.56. The molecule has 0 spiro atoms. The Kier molecular flexibility index (Phi) is 5.19. The maximum absolute atomic E-state index is 5.18. The molecule has 0 saturated heterocycles. The number of hydrogen-bond donors (Lipinski definition) is 1. The molecular formula is C13H21NO. The molecule has 0 atom stereocenters. The van der Waals surface area contributed by atoms with E-state index >= 15 is 0 Å². The highest BCUT2D eigenvalue weighted by Gasteiger charge is 1.96. The Morgan fingerprint density at radius 2 is 2.13 bits per heavy atom. The van der Waals surface area contributed by atoms with E-state index in [0.717, 1.165) is 31.2 Å². The second-order valence-corrected chi connectivity index (χ2v) is 4.20. The summed E-state index contributed by atoms with van der Waals surface area (Å²) < 4.78 is 5.18. The van der Waals surface area contributed by atoms with Gasteiger partial charge in [-0.05, 0) is 43.1 Å². The largest absolute Gasteiger partial charge is 0.497 e. The summed E-state index contributed by atoms with van der Waals surface area (Å²) in [6.07, 6.45) is 1.06. The molecule has 0 aromatic heterocycles. The number of rotatable bonds is 6. The fourth-order valence-electron chi connectivity index (χ4n) is 1.45. The first kappa shape index (κ1) is 12.1. The van der Waals surface area contributed by atoms with Crippen molar-refractivity contribution >= 4 is 0 Å². The minimum Gasteiger partial charge on any atom is -0.497 e. The van der Waals surface area contributed by atoms with E-state index in [1.807, 2.05) is 12.1 Å². The molecule has 0 heterocycles. The maximum Gasteiger partial charge on any atom is 0.119 e. The maximum atomic E-state index is 5.18. The Balaban J connectivity index is 2.30. The van der Waals surface area contributed by atoms with Gasteiger partial charge in [-0.3, -0.25) is 0 Å². The van der Waals surface area contributed by atoms with Crippen molar-refractivity contribution in [3.8, 4) is 5.75 Å². The number of methoxy groups -OCH3 is 1. The van der Waals surface area contributed by atoms with E-state index in [4.69, 9.17) is 4.74 Å². The zero-order valence-corrected chi connectivity index (χ0v) is 9.92. The fourth-order valence-corrected chi connectivity index (χ4v) is 1.45. The van der Waals surface area contributed by atoms with Crippen LogP contribution in [-0.2, 0) is 6.42 Å². The van der Waals surface area contributed by atoms with Gasteiger partial charge in [0, 0.05) is 0 Å². The lowest BCUT2D eigenvalue weighted by atomic mass is 10.1. The highest BCUT2D eigenvalue weighted by molar-refractivity contribution is 5.28. The lowest BCUT2D eigenvalue weighted by Crippen LogP contribution is -2.22. The van der Waals surface area contributed by atoms with E-state index < -0.39 is 0 Å². The standard InChI is InChI=1S/C13H21NO/c1-11(2)10-14-8-7-12-5-4-6-13(9-12)15-3/h4-6,9,11,14H,7-8,10H2,1-3H3. The van der Waals surface area contributed by atoms with Gasteiger partial charge in [0.25, 0.3) is 0 Å². The number of benzene rings is 1. The molecule has 0 aliphatic heterocycles. The van der Waals surface area contributed by atoms with Crippen LogP contribution in [0.1, 0.15) is 19.4 Å². The predicted molar refractivity (Wildman–Crippen MR) is 64.4 cm³/mol. The van der Waals surface area contributed by atoms with Crippen LogP contribution in [0.4, 0.5) is 0 Å². The zero-order chi connectivity index (χ0) is 11.1. The summed E-state index contributed by atoms with van der Waals surface area (Å²) in [6, 6.07) is 8.25. The molecule has 0 fully saturated rings. The van der Waals surface area contributed by atoms with E-state index in [1.165, 1.54) is 5.56 Å². The van der Waals surface area contributed by atoms with Gasteiger partial charge in [-0.15, -0.1) is 0 Å². The summed E-state index contributed by atoms with van der Waals surface area (Å²) in [5, 5.41) is 3.43. The van der Waals surface area contributed by atoms with Crippen LogP contribution in [0, 0.1) is 5.92 Å². The molecule has 0 amide bonds. The molecule has 84 valence electrons. The quantitative estimate of drug-likeness (QED) is 0.724. The van der Waals surface area contributed by atoms with Crippen LogP contribution in [0.15, 0.2) is 24.3 Å². The van der Waals surface area contributed by atoms with Crippen LogP contribution in [-0.4, -0.2) is 20.2 Å². The van der Waals surface area contributed by atoms with Crippen LogP contribution in [0.25, 0.3) is 0 Å². The average Bonchev–Trinajstić information content (AvgIpc) is 2.24. The van der Waals surface area contributed by atoms with E-state index in [2.05, 4.69) is 31.3 Å². The van der Waals surface area contributed by atoms with Gasteiger partial charge in [0.05, 0.1) is 7.11 Å². The van der Waals surface area contributed by atoms with E-state index in [-0.39, 0.29) is 0 Å². The molecule has 1 aromatic rings. The number of ether oxygens (including phenoxy) is 1. The van der Waals surface area contributed by atoms with Crippen molar-refractivity contribution in [3.63, 3.8) is 0 Å². The number of nitrogens with one attached hydrogen (secondary N) is 1. The van der Waals surface area contributed by atoms with E-state index in [9.17, 15) is 0 Å². The van der Waals surface area contributed by atoms with Gasteiger partial charge in [-0.25, -0.2) is 0 Å². The Morgan fingerprint density at radius 3 is 2.80 bits per heavy atom. The monoisotopic (exact) mass is 207 g/mol. The van der Waals surface area contributed by atoms with Crippen molar-refractivity contribution in [1.29, 1.82) is 0 Å². The SMILES string of the molecule is COc1cccc(CCNCC(C)C)c1. The molecule has 15 heavy (non-hydrogen) atoms. The van der Waals surface area contributed by atoms with Crippen molar-refractivity contribution < 1.29 is 4.74 Å². The molecule has 1 aromatic carbocycles.